The normalized spacial score (nSPS) is 18.8. The van der Waals surface area contributed by atoms with E-state index in [0.29, 0.717) is 37.6 Å². The second-order valence-corrected chi connectivity index (χ2v) is 8.68. The van der Waals surface area contributed by atoms with Crippen molar-refractivity contribution >= 4 is 33.2 Å². The van der Waals surface area contributed by atoms with E-state index in [0.717, 1.165) is 0 Å². The zero-order valence-electron chi connectivity index (χ0n) is 16.3. The Kier molecular flexibility index (Phi) is 5.35. The molecule has 0 bridgehead atoms. The van der Waals surface area contributed by atoms with Gasteiger partial charge in [-0.3, -0.25) is 14.3 Å². The Hall–Kier alpha value is -3.11. The van der Waals surface area contributed by atoms with Crippen molar-refractivity contribution in [2.24, 2.45) is 0 Å². The van der Waals surface area contributed by atoms with Crippen LogP contribution in [-0.4, -0.2) is 57.5 Å². The van der Waals surface area contributed by atoms with Gasteiger partial charge in [0.25, 0.3) is 21.8 Å². The van der Waals surface area contributed by atoms with Crippen molar-refractivity contribution in [3.8, 4) is 5.75 Å². The smallest absolute Gasteiger partial charge is 0.265 e. The quantitative estimate of drug-likeness (QED) is 0.761. The number of anilines is 2. The van der Waals surface area contributed by atoms with Crippen LogP contribution in [0.3, 0.4) is 0 Å². The number of sulfonamides is 1. The van der Waals surface area contributed by atoms with E-state index in [4.69, 9.17) is 9.47 Å². The van der Waals surface area contributed by atoms with Gasteiger partial charge in [0.05, 0.1) is 23.8 Å². The van der Waals surface area contributed by atoms with E-state index in [1.165, 1.54) is 24.3 Å². The van der Waals surface area contributed by atoms with E-state index in [-0.39, 0.29) is 28.1 Å². The Bertz CT molecular complexity index is 1100. The molecule has 2 aliphatic rings. The minimum atomic E-state index is -3.95. The Morgan fingerprint density at radius 3 is 2.70 bits per heavy atom. The molecule has 10 heteroatoms. The summed E-state index contributed by atoms with van der Waals surface area (Å²) in [6.45, 7) is 3.56. The molecular formula is C20H21N3O6S. The number of nitrogens with zero attached hydrogens (tertiary/aromatic N) is 1. The summed E-state index contributed by atoms with van der Waals surface area (Å²) in [7, 11) is -3.95. The first kappa shape index (κ1) is 20.2. The fourth-order valence-electron chi connectivity index (χ4n) is 3.23. The number of hydrogen-bond acceptors (Lipinski definition) is 6. The molecule has 0 saturated carbocycles. The van der Waals surface area contributed by atoms with Crippen molar-refractivity contribution in [3.63, 3.8) is 0 Å². The van der Waals surface area contributed by atoms with Gasteiger partial charge in [0.2, 0.25) is 0 Å². The molecule has 158 valence electrons. The number of nitrogens with one attached hydrogen (secondary N) is 2. The van der Waals surface area contributed by atoms with Crippen LogP contribution in [0, 0.1) is 0 Å². The van der Waals surface area contributed by atoms with E-state index in [2.05, 4.69) is 10.0 Å². The van der Waals surface area contributed by atoms with Crippen LogP contribution in [0.1, 0.15) is 17.3 Å². The summed E-state index contributed by atoms with van der Waals surface area (Å²) in [5, 5.41) is 2.63. The lowest BCUT2D eigenvalue weighted by molar-refractivity contribution is -0.122. The van der Waals surface area contributed by atoms with Crippen LogP contribution in [0.2, 0.25) is 0 Å². The third-order valence-electron chi connectivity index (χ3n) is 4.85. The lowest BCUT2D eigenvalue weighted by Crippen LogP contribution is -2.40. The van der Waals surface area contributed by atoms with Gasteiger partial charge < -0.3 is 19.7 Å². The number of carbonyl (C=O) groups is 2. The van der Waals surface area contributed by atoms with Crippen LogP contribution in [-0.2, 0) is 19.6 Å². The lowest BCUT2D eigenvalue weighted by Gasteiger charge is -2.27. The highest BCUT2D eigenvalue weighted by atomic mass is 32.2. The van der Waals surface area contributed by atoms with Gasteiger partial charge in [-0.1, -0.05) is 6.07 Å². The first-order chi connectivity index (χ1) is 14.3. The number of benzene rings is 2. The number of morpholine rings is 1. The van der Waals surface area contributed by atoms with Crippen LogP contribution in [0.4, 0.5) is 11.4 Å². The largest absolute Gasteiger partial charge is 0.479 e. The summed E-state index contributed by atoms with van der Waals surface area (Å²) < 4.78 is 38.9. The average Bonchev–Trinajstić information content (AvgIpc) is 2.74. The Morgan fingerprint density at radius 1 is 1.17 bits per heavy atom. The predicted octanol–water partition coefficient (Wildman–Crippen LogP) is 1.68. The monoisotopic (exact) mass is 431 g/mol. The zero-order chi connectivity index (χ0) is 21.3. The fraction of sp³-hybridized carbons (Fsp3) is 0.300. The van der Waals surface area contributed by atoms with Crippen LogP contribution in [0.25, 0.3) is 0 Å². The molecule has 2 heterocycles. The maximum absolute atomic E-state index is 12.8. The van der Waals surface area contributed by atoms with E-state index in [1.54, 1.807) is 30.0 Å². The zero-order valence-corrected chi connectivity index (χ0v) is 17.1. The molecule has 2 N–H and O–H groups in total. The molecule has 9 nitrogen and oxygen atoms in total. The van der Waals surface area contributed by atoms with Gasteiger partial charge in [-0.15, -0.1) is 0 Å². The molecule has 1 saturated heterocycles. The SMILES string of the molecule is CC1Oc2ccc(S(=O)(=O)Nc3cccc(C(=O)N4CCOCC4)c3)cc2NC1=O. The Labute approximate surface area is 174 Å². The van der Waals surface area contributed by atoms with E-state index < -0.39 is 16.1 Å². The highest BCUT2D eigenvalue weighted by Crippen LogP contribution is 2.32. The first-order valence-electron chi connectivity index (χ1n) is 9.45. The van der Waals surface area contributed by atoms with E-state index in [1.807, 2.05) is 0 Å². The second-order valence-electron chi connectivity index (χ2n) is 7.00. The molecule has 1 atom stereocenters. The summed E-state index contributed by atoms with van der Waals surface area (Å²) in [5.41, 5.74) is 0.940. The van der Waals surface area contributed by atoms with Crippen LogP contribution in [0.5, 0.6) is 5.75 Å². The molecule has 2 amide bonds. The molecule has 0 aromatic heterocycles. The summed E-state index contributed by atoms with van der Waals surface area (Å²) in [5.74, 6) is -0.124. The third-order valence-corrected chi connectivity index (χ3v) is 6.23. The predicted molar refractivity (Wildman–Crippen MR) is 109 cm³/mol. The van der Waals surface area contributed by atoms with Crippen LogP contribution < -0.4 is 14.8 Å². The standard InChI is InChI=1S/C20H21N3O6S/c1-13-19(24)21-17-12-16(5-6-18(17)29-13)30(26,27)22-15-4-2-3-14(11-15)20(25)23-7-9-28-10-8-23/h2-6,11-13,22H,7-10H2,1H3,(H,21,24). The molecule has 0 aliphatic carbocycles. The van der Waals surface area contributed by atoms with Crippen molar-refractivity contribution in [1.82, 2.24) is 4.90 Å². The summed E-state index contributed by atoms with van der Waals surface area (Å²) in [4.78, 5) is 26.1. The second kappa shape index (κ2) is 7.96. The van der Waals surface area contributed by atoms with Gasteiger partial charge in [-0.05, 0) is 43.3 Å². The number of hydrogen-bond donors (Lipinski definition) is 2. The summed E-state index contributed by atoms with van der Waals surface area (Å²) in [6, 6.07) is 10.6. The molecule has 2 aromatic rings. The number of ether oxygens (including phenoxy) is 2. The molecule has 4 rings (SSSR count). The van der Waals surface area contributed by atoms with Crippen molar-refractivity contribution < 1.29 is 27.5 Å². The Morgan fingerprint density at radius 2 is 1.93 bits per heavy atom. The lowest BCUT2D eigenvalue weighted by atomic mass is 10.1. The third kappa shape index (κ3) is 4.10. The van der Waals surface area contributed by atoms with Crippen molar-refractivity contribution in [3.05, 3.63) is 48.0 Å². The number of amides is 2. The van der Waals surface area contributed by atoms with Crippen molar-refractivity contribution in [1.29, 1.82) is 0 Å². The minimum Gasteiger partial charge on any atom is -0.479 e. The van der Waals surface area contributed by atoms with Gasteiger partial charge >= 0.3 is 0 Å². The van der Waals surface area contributed by atoms with Crippen molar-refractivity contribution in [2.75, 3.05) is 36.3 Å². The number of rotatable bonds is 4. The molecule has 1 unspecified atom stereocenters. The molecular weight excluding hydrogens is 410 g/mol. The summed E-state index contributed by atoms with van der Waals surface area (Å²) >= 11 is 0. The van der Waals surface area contributed by atoms with Crippen molar-refractivity contribution in [2.45, 2.75) is 17.9 Å². The molecule has 2 aliphatic heterocycles. The minimum absolute atomic E-state index is 0.0374. The maximum Gasteiger partial charge on any atom is 0.265 e. The van der Waals surface area contributed by atoms with Gasteiger partial charge in [0.15, 0.2) is 6.10 Å². The van der Waals surface area contributed by atoms with Gasteiger partial charge in [0.1, 0.15) is 5.75 Å². The number of carbonyl (C=O) groups excluding carboxylic acids is 2. The van der Waals surface area contributed by atoms with Crippen LogP contribution in [0.15, 0.2) is 47.4 Å². The number of fused-ring (bicyclic) bond motifs is 1. The fourth-order valence-corrected chi connectivity index (χ4v) is 4.31. The van der Waals surface area contributed by atoms with E-state index in [9.17, 15) is 18.0 Å². The highest BCUT2D eigenvalue weighted by Gasteiger charge is 2.26. The first-order valence-corrected chi connectivity index (χ1v) is 10.9. The average molecular weight is 431 g/mol. The molecule has 30 heavy (non-hydrogen) atoms. The topological polar surface area (TPSA) is 114 Å². The molecule has 0 spiro atoms. The summed E-state index contributed by atoms with van der Waals surface area (Å²) in [6.07, 6.45) is -0.648. The van der Waals surface area contributed by atoms with Gasteiger partial charge in [-0.25, -0.2) is 8.42 Å². The maximum atomic E-state index is 12.8. The van der Waals surface area contributed by atoms with Gasteiger partial charge in [0, 0.05) is 24.3 Å². The molecule has 0 radical (unpaired) electrons. The van der Waals surface area contributed by atoms with E-state index >= 15 is 0 Å². The molecule has 2 aromatic carbocycles. The highest BCUT2D eigenvalue weighted by molar-refractivity contribution is 7.92. The van der Waals surface area contributed by atoms with Gasteiger partial charge in [-0.2, -0.15) is 0 Å². The van der Waals surface area contributed by atoms with Crippen LogP contribution >= 0.6 is 0 Å². The Balaban J connectivity index is 1.55. The molecule has 1 fully saturated rings.